The van der Waals surface area contributed by atoms with E-state index in [-0.39, 0.29) is 5.60 Å². The predicted octanol–water partition coefficient (Wildman–Crippen LogP) is 2.47. The third-order valence-electron chi connectivity index (χ3n) is 3.99. The number of nitrogens with zero attached hydrogens (tertiary/aromatic N) is 2. The first-order valence-electron chi connectivity index (χ1n) is 7.57. The number of ether oxygens (including phenoxy) is 2. The molecule has 1 aromatic heterocycles. The van der Waals surface area contributed by atoms with Crippen LogP contribution < -0.4 is 0 Å². The van der Waals surface area contributed by atoms with Crippen molar-refractivity contribution in [3.8, 4) is 0 Å². The highest BCUT2D eigenvalue weighted by atomic mass is 16.6. The lowest BCUT2D eigenvalue weighted by molar-refractivity contribution is -0.157. The van der Waals surface area contributed by atoms with Crippen LogP contribution in [0.1, 0.15) is 18.3 Å². The van der Waals surface area contributed by atoms with Crippen molar-refractivity contribution in [1.29, 1.82) is 0 Å². The second kappa shape index (κ2) is 6.41. The van der Waals surface area contributed by atoms with Gasteiger partial charge in [-0.05, 0) is 12.5 Å². The Bertz CT molecular complexity index is 559. The number of imidazole rings is 1. The first-order chi connectivity index (χ1) is 10.3. The zero-order valence-electron chi connectivity index (χ0n) is 12.5. The molecule has 21 heavy (non-hydrogen) atoms. The summed E-state index contributed by atoms with van der Waals surface area (Å²) >= 11 is 0. The van der Waals surface area contributed by atoms with Crippen LogP contribution >= 0.6 is 0 Å². The van der Waals surface area contributed by atoms with E-state index >= 15 is 0 Å². The quantitative estimate of drug-likeness (QED) is 0.847. The monoisotopic (exact) mass is 286 g/mol. The number of hydrogen-bond acceptors (Lipinski definition) is 3. The normalized spacial score (nSPS) is 22.3. The van der Waals surface area contributed by atoms with Crippen molar-refractivity contribution in [2.75, 3.05) is 19.8 Å². The highest BCUT2D eigenvalue weighted by molar-refractivity contribution is 5.18. The summed E-state index contributed by atoms with van der Waals surface area (Å²) in [6.07, 6.45) is 5.51. The summed E-state index contributed by atoms with van der Waals surface area (Å²) in [6, 6.07) is 10.5. The van der Waals surface area contributed by atoms with Crippen molar-refractivity contribution >= 4 is 0 Å². The third-order valence-corrected chi connectivity index (χ3v) is 3.99. The molecular formula is C17H22N2O2. The molecule has 0 N–H and O–H groups in total. The second-order valence-electron chi connectivity index (χ2n) is 5.55. The Morgan fingerprint density at radius 1 is 1.19 bits per heavy atom. The lowest BCUT2D eigenvalue weighted by atomic mass is 9.90. The van der Waals surface area contributed by atoms with Crippen LogP contribution in [-0.2, 0) is 28.9 Å². The molecule has 2 aromatic rings. The lowest BCUT2D eigenvalue weighted by Crippen LogP contribution is -2.47. The van der Waals surface area contributed by atoms with Crippen molar-refractivity contribution in [3.63, 3.8) is 0 Å². The van der Waals surface area contributed by atoms with Crippen molar-refractivity contribution < 1.29 is 9.47 Å². The van der Waals surface area contributed by atoms with E-state index in [4.69, 9.17) is 9.47 Å². The van der Waals surface area contributed by atoms with E-state index in [9.17, 15) is 0 Å². The van der Waals surface area contributed by atoms with Gasteiger partial charge in [0.2, 0.25) is 0 Å². The van der Waals surface area contributed by atoms with Crippen LogP contribution in [0.2, 0.25) is 0 Å². The first-order valence-corrected chi connectivity index (χ1v) is 7.57. The number of benzene rings is 1. The molecule has 1 fully saturated rings. The molecule has 0 radical (unpaired) electrons. The van der Waals surface area contributed by atoms with Gasteiger partial charge >= 0.3 is 0 Å². The van der Waals surface area contributed by atoms with Crippen molar-refractivity contribution in [3.05, 3.63) is 54.1 Å². The average Bonchev–Trinajstić information content (AvgIpc) is 2.96. The van der Waals surface area contributed by atoms with Gasteiger partial charge in [0, 0.05) is 31.8 Å². The fourth-order valence-electron chi connectivity index (χ4n) is 2.93. The maximum Gasteiger partial charge on any atom is 0.111 e. The Labute approximate surface area is 125 Å². The highest BCUT2D eigenvalue weighted by Gasteiger charge is 2.36. The van der Waals surface area contributed by atoms with Crippen LogP contribution in [0.4, 0.5) is 0 Å². The Morgan fingerprint density at radius 2 is 2.05 bits per heavy atom. The van der Waals surface area contributed by atoms with E-state index in [0.717, 1.165) is 25.2 Å². The van der Waals surface area contributed by atoms with Crippen molar-refractivity contribution in [1.82, 2.24) is 9.55 Å². The van der Waals surface area contributed by atoms with Gasteiger partial charge < -0.3 is 14.0 Å². The van der Waals surface area contributed by atoms with E-state index in [1.165, 1.54) is 5.56 Å². The van der Waals surface area contributed by atoms with Gasteiger partial charge in [-0.2, -0.15) is 0 Å². The molecule has 0 bridgehead atoms. The predicted molar refractivity (Wildman–Crippen MR) is 81.3 cm³/mol. The minimum Gasteiger partial charge on any atom is -0.376 e. The van der Waals surface area contributed by atoms with Gasteiger partial charge in [-0.25, -0.2) is 4.98 Å². The molecule has 4 nitrogen and oxygen atoms in total. The number of rotatable bonds is 5. The van der Waals surface area contributed by atoms with Crippen LogP contribution in [-0.4, -0.2) is 35.0 Å². The summed E-state index contributed by atoms with van der Waals surface area (Å²) in [5.41, 5.74) is 0.968. The highest BCUT2D eigenvalue weighted by Crippen LogP contribution is 2.26. The fourth-order valence-corrected chi connectivity index (χ4v) is 2.93. The van der Waals surface area contributed by atoms with E-state index < -0.39 is 0 Å². The number of aryl methyl sites for hydroxylation is 1. The van der Waals surface area contributed by atoms with Gasteiger partial charge in [0.05, 0.1) is 19.8 Å². The molecule has 0 spiro atoms. The summed E-state index contributed by atoms with van der Waals surface area (Å²) in [4.78, 5) is 4.50. The summed E-state index contributed by atoms with van der Waals surface area (Å²) in [5, 5.41) is 0. The molecule has 0 aliphatic carbocycles. The van der Waals surface area contributed by atoms with Crippen LogP contribution in [0.15, 0.2) is 42.7 Å². The van der Waals surface area contributed by atoms with E-state index in [0.29, 0.717) is 19.8 Å². The van der Waals surface area contributed by atoms with Gasteiger partial charge in [-0.3, -0.25) is 0 Å². The molecule has 1 aliphatic rings. The molecule has 1 aromatic carbocycles. The molecule has 0 amide bonds. The lowest BCUT2D eigenvalue weighted by Gasteiger charge is -2.37. The Hall–Kier alpha value is -1.65. The summed E-state index contributed by atoms with van der Waals surface area (Å²) in [5.74, 6) is 1.07. The molecule has 2 heterocycles. The van der Waals surface area contributed by atoms with E-state index in [1.807, 2.05) is 18.5 Å². The van der Waals surface area contributed by atoms with Gasteiger partial charge in [0.25, 0.3) is 0 Å². The molecule has 1 atom stereocenters. The Kier molecular flexibility index (Phi) is 4.36. The molecule has 4 heteroatoms. The summed E-state index contributed by atoms with van der Waals surface area (Å²) in [7, 11) is 0. The average molecular weight is 286 g/mol. The SMILES string of the molecule is CCn1ccnc1CC1(Cc2ccccc2)COCCO1. The van der Waals surface area contributed by atoms with Crippen molar-refractivity contribution in [2.45, 2.75) is 31.9 Å². The van der Waals surface area contributed by atoms with Gasteiger partial charge in [0.15, 0.2) is 0 Å². The maximum absolute atomic E-state index is 6.16. The number of aromatic nitrogens is 2. The van der Waals surface area contributed by atoms with Gasteiger partial charge in [-0.1, -0.05) is 30.3 Å². The smallest absolute Gasteiger partial charge is 0.111 e. The third kappa shape index (κ3) is 3.34. The van der Waals surface area contributed by atoms with Crippen LogP contribution in [0.3, 0.4) is 0 Å². The Morgan fingerprint density at radius 3 is 2.76 bits per heavy atom. The molecule has 112 valence electrons. The molecule has 3 rings (SSSR count). The van der Waals surface area contributed by atoms with Crippen LogP contribution in [0, 0.1) is 0 Å². The standard InChI is InChI=1S/C17H22N2O2/c1-2-19-9-8-18-16(19)13-17(14-20-10-11-21-17)12-15-6-4-3-5-7-15/h3-9H,2,10-14H2,1H3. The first kappa shape index (κ1) is 14.3. The minimum atomic E-state index is -0.308. The van der Waals surface area contributed by atoms with Gasteiger partial charge in [-0.15, -0.1) is 0 Å². The maximum atomic E-state index is 6.16. The van der Waals surface area contributed by atoms with Crippen molar-refractivity contribution in [2.24, 2.45) is 0 Å². The Balaban J connectivity index is 1.83. The largest absolute Gasteiger partial charge is 0.376 e. The van der Waals surface area contributed by atoms with E-state index in [1.54, 1.807) is 0 Å². The van der Waals surface area contributed by atoms with Gasteiger partial charge in [0.1, 0.15) is 11.4 Å². The fraction of sp³-hybridized carbons (Fsp3) is 0.471. The molecule has 1 aliphatic heterocycles. The topological polar surface area (TPSA) is 36.3 Å². The number of hydrogen-bond donors (Lipinski definition) is 0. The zero-order chi connectivity index (χ0) is 14.5. The summed E-state index contributed by atoms with van der Waals surface area (Å²) < 4.78 is 14.1. The molecular weight excluding hydrogens is 264 g/mol. The molecule has 0 saturated carbocycles. The summed E-state index contributed by atoms with van der Waals surface area (Å²) in [6.45, 7) is 5.02. The van der Waals surface area contributed by atoms with Crippen LogP contribution in [0.25, 0.3) is 0 Å². The minimum absolute atomic E-state index is 0.308. The van der Waals surface area contributed by atoms with Crippen LogP contribution in [0.5, 0.6) is 0 Å². The molecule has 1 unspecified atom stereocenters. The zero-order valence-corrected chi connectivity index (χ0v) is 12.5. The molecule has 1 saturated heterocycles. The van der Waals surface area contributed by atoms with E-state index in [2.05, 4.69) is 40.7 Å². The second-order valence-corrected chi connectivity index (χ2v) is 5.55.